The van der Waals surface area contributed by atoms with E-state index in [0.717, 1.165) is 35.3 Å². The standard InChI is InChI=1S/C18H23ClF3N5O/c1-5-26-10(2)13(8-23-26)9-25(4)17(28)11(3)27-15(12-6-7-12)14(19)16(24-27)18(20,21)22/h8,11-12H,5-7,9H2,1-4H3/t11-/m0/s1. The molecule has 1 aliphatic rings. The van der Waals surface area contributed by atoms with Gasteiger partial charge < -0.3 is 4.90 Å². The second-order valence-electron chi connectivity index (χ2n) is 7.21. The van der Waals surface area contributed by atoms with Crippen molar-refractivity contribution in [2.75, 3.05) is 7.05 Å². The van der Waals surface area contributed by atoms with Crippen molar-refractivity contribution < 1.29 is 18.0 Å². The smallest absolute Gasteiger partial charge is 0.339 e. The van der Waals surface area contributed by atoms with Gasteiger partial charge in [-0.25, -0.2) is 0 Å². The topological polar surface area (TPSA) is 56.0 Å². The highest BCUT2D eigenvalue weighted by Crippen LogP contribution is 2.47. The first kappa shape index (κ1) is 20.7. The molecule has 154 valence electrons. The normalized spacial score (nSPS) is 15.7. The number of nitrogens with zero attached hydrogens (tertiary/aromatic N) is 5. The summed E-state index contributed by atoms with van der Waals surface area (Å²) >= 11 is 6.01. The number of hydrogen-bond acceptors (Lipinski definition) is 3. The summed E-state index contributed by atoms with van der Waals surface area (Å²) in [6, 6.07) is -0.893. The number of carbonyl (C=O) groups is 1. The fourth-order valence-corrected chi connectivity index (χ4v) is 3.73. The lowest BCUT2D eigenvalue weighted by Gasteiger charge is -2.23. The van der Waals surface area contributed by atoms with Crippen LogP contribution < -0.4 is 0 Å². The fraction of sp³-hybridized carbons (Fsp3) is 0.611. The summed E-state index contributed by atoms with van der Waals surface area (Å²) in [4.78, 5) is 14.4. The lowest BCUT2D eigenvalue weighted by Crippen LogP contribution is -2.34. The average Bonchev–Trinajstić information content (AvgIpc) is 3.31. The molecule has 0 N–H and O–H groups in total. The number of amides is 1. The summed E-state index contributed by atoms with van der Waals surface area (Å²) < 4.78 is 42.7. The highest BCUT2D eigenvalue weighted by atomic mass is 35.5. The van der Waals surface area contributed by atoms with Gasteiger partial charge in [-0.15, -0.1) is 0 Å². The quantitative estimate of drug-likeness (QED) is 0.708. The van der Waals surface area contributed by atoms with E-state index in [1.807, 2.05) is 18.5 Å². The SMILES string of the molecule is CCn1ncc(CN(C)C(=O)[C@H](C)n2nc(C(F)(F)F)c(Cl)c2C2CC2)c1C. The second-order valence-corrected chi connectivity index (χ2v) is 7.58. The minimum atomic E-state index is -4.66. The number of carbonyl (C=O) groups excluding carboxylic acids is 1. The number of alkyl halides is 3. The minimum Gasteiger partial charge on any atom is -0.339 e. The molecule has 0 radical (unpaired) electrons. The minimum absolute atomic E-state index is 0.0818. The van der Waals surface area contributed by atoms with Crippen molar-refractivity contribution in [3.8, 4) is 0 Å². The number of aryl methyl sites for hydroxylation is 1. The monoisotopic (exact) mass is 417 g/mol. The van der Waals surface area contributed by atoms with E-state index in [-0.39, 0.29) is 11.8 Å². The molecular weight excluding hydrogens is 395 g/mol. The van der Waals surface area contributed by atoms with Crippen LogP contribution in [0.1, 0.15) is 61.3 Å². The molecule has 0 saturated heterocycles. The number of halogens is 4. The molecular formula is C18H23ClF3N5O. The van der Waals surface area contributed by atoms with Gasteiger partial charge in [0.05, 0.1) is 16.9 Å². The zero-order valence-electron chi connectivity index (χ0n) is 16.2. The van der Waals surface area contributed by atoms with Crippen molar-refractivity contribution in [2.45, 2.75) is 64.8 Å². The van der Waals surface area contributed by atoms with Crippen LogP contribution in [0.3, 0.4) is 0 Å². The summed E-state index contributed by atoms with van der Waals surface area (Å²) in [5.74, 6) is -0.417. The van der Waals surface area contributed by atoms with Crippen LogP contribution in [0.25, 0.3) is 0 Å². The maximum atomic E-state index is 13.3. The van der Waals surface area contributed by atoms with Gasteiger partial charge in [0.15, 0.2) is 5.69 Å². The first-order chi connectivity index (χ1) is 13.1. The Balaban J connectivity index is 1.85. The highest BCUT2D eigenvalue weighted by Gasteiger charge is 2.43. The molecule has 1 aliphatic carbocycles. The van der Waals surface area contributed by atoms with Crippen LogP contribution in [-0.2, 0) is 24.1 Å². The Hall–Kier alpha value is -2.03. The predicted molar refractivity (Wildman–Crippen MR) is 98.0 cm³/mol. The molecule has 3 rings (SSSR count). The first-order valence-corrected chi connectivity index (χ1v) is 9.55. The Labute approximate surface area is 166 Å². The van der Waals surface area contributed by atoms with Crippen molar-refractivity contribution >= 4 is 17.5 Å². The van der Waals surface area contributed by atoms with E-state index >= 15 is 0 Å². The van der Waals surface area contributed by atoms with Crippen molar-refractivity contribution in [1.29, 1.82) is 0 Å². The number of likely N-dealkylation sites (N-methyl/N-ethyl adjacent to an activating group) is 1. The van der Waals surface area contributed by atoms with Crippen LogP contribution in [0.2, 0.25) is 5.02 Å². The third-order valence-corrected chi connectivity index (χ3v) is 5.50. The maximum absolute atomic E-state index is 13.3. The van der Waals surface area contributed by atoms with Crippen molar-refractivity contribution in [3.05, 3.63) is 33.9 Å². The molecule has 0 aromatic carbocycles. The largest absolute Gasteiger partial charge is 0.436 e. The third kappa shape index (κ3) is 3.76. The summed E-state index contributed by atoms with van der Waals surface area (Å²) in [5.41, 5.74) is 1.02. The number of hydrogen-bond donors (Lipinski definition) is 0. The number of aromatic nitrogens is 4. The van der Waals surface area contributed by atoms with Gasteiger partial charge in [-0.3, -0.25) is 14.2 Å². The lowest BCUT2D eigenvalue weighted by atomic mass is 10.2. The van der Waals surface area contributed by atoms with E-state index < -0.39 is 22.9 Å². The first-order valence-electron chi connectivity index (χ1n) is 9.17. The predicted octanol–water partition coefficient (Wildman–Crippen LogP) is 4.18. The fourth-order valence-electron chi connectivity index (χ4n) is 3.34. The van der Waals surface area contributed by atoms with Gasteiger partial charge in [-0.05, 0) is 33.6 Å². The molecule has 2 aromatic heterocycles. The molecule has 1 fully saturated rings. The van der Waals surface area contributed by atoms with Gasteiger partial charge in [0.25, 0.3) is 0 Å². The second kappa shape index (κ2) is 7.42. The van der Waals surface area contributed by atoms with Gasteiger partial charge in [0, 0.05) is 37.3 Å². The maximum Gasteiger partial charge on any atom is 0.436 e. The van der Waals surface area contributed by atoms with Crippen LogP contribution in [0.15, 0.2) is 6.20 Å². The van der Waals surface area contributed by atoms with E-state index in [1.54, 1.807) is 20.2 Å². The van der Waals surface area contributed by atoms with Crippen LogP contribution in [0.4, 0.5) is 13.2 Å². The molecule has 28 heavy (non-hydrogen) atoms. The van der Waals surface area contributed by atoms with Gasteiger partial charge in [0.2, 0.25) is 5.91 Å². The van der Waals surface area contributed by atoms with Crippen molar-refractivity contribution in [1.82, 2.24) is 24.5 Å². The highest BCUT2D eigenvalue weighted by molar-refractivity contribution is 6.32. The van der Waals surface area contributed by atoms with Crippen LogP contribution in [0, 0.1) is 6.92 Å². The van der Waals surface area contributed by atoms with Gasteiger partial charge in [-0.1, -0.05) is 11.6 Å². The van der Waals surface area contributed by atoms with E-state index in [0.29, 0.717) is 12.2 Å². The van der Waals surface area contributed by atoms with E-state index in [1.165, 1.54) is 4.90 Å². The summed E-state index contributed by atoms with van der Waals surface area (Å²) in [6.07, 6.45) is -1.47. The molecule has 0 spiro atoms. The Morgan fingerprint density at radius 3 is 2.57 bits per heavy atom. The Morgan fingerprint density at radius 1 is 1.43 bits per heavy atom. The Morgan fingerprint density at radius 2 is 2.07 bits per heavy atom. The van der Waals surface area contributed by atoms with Crippen molar-refractivity contribution in [3.63, 3.8) is 0 Å². The molecule has 1 saturated carbocycles. The van der Waals surface area contributed by atoms with E-state index in [4.69, 9.17) is 11.6 Å². The van der Waals surface area contributed by atoms with Gasteiger partial charge >= 0.3 is 6.18 Å². The van der Waals surface area contributed by atoms with E-state index in [2.05, 4.69) is 10.2 Å². The summed E-state index contributed by atoms with van der Waals surface area (Å²) in [5, 5.41) is 7.55. The molecule has 10 heteroatoms. The van der Waals surface area contributed by atoms with Crippen LogP contribution in [0.5, 0.6) is 0 Å². The molecule has 0 unspecified atom stereocenters. The molecule has 0 aliphatic heterocycles. The number of rotatable bonds is 6. The van der Waals surface area contributed by atoms with Gasteiger partial charge in [-0.2, -0.15) is 23.4 Å². The van der Waals surface area contributed by atoms with Crippen LogP contribution >= 0.6 is 11.6 Å². The molecule has 6 nitrogen and oxygen atoms in total. The molecule has 1 amide bonds. The Bertz CT molecular complexity index is 885. The molecule has 0 bridgehead atoms. The van der Waals surface area contributed by atoms with E-state index in [9.17, 15) is 18.0 Å². The Kier molecular flexibility index (Phi) is 5.49. The third-order valence-electron chi connectivity index (χ3n) is 5.13. The summed E-state index contributed by atoms with van der Waals surface area (Å²) in [6.45, 7) is 6.48. The zero-order chi connectivity index (χ0) is 20.8. The average molecular weight is 418 g/mol. The zero-order valence-corrected chi connectivity index (χ0v) is 17.0. The van der Waals surface area contributed by atoms with Crippen molar-refractivity contribution in [2.24, 2.45) is 0 Å². The lowest BCUT2D eigenvalue weighted by molar-refractivity contribution is -0.142. The van der Waals surface area contributed by atoms with Gasteiger partial charge in [0.1, 0.15) is 6.04 Å². The molecule has 1 atom stereocenters. The molecule has 2 aromatic rings. The summed E-state index contributed by atoms with van der Waals surface area (Å²) in [7, 11) is 1.62. The van der Waals surface area contributed by atoms with Crippen LogP contribution in [-0.4, -0.2) is 37.4 Å². The molecule has 2 heterocycles.